The van der Waals surface area contributed by atoms with Crippen LogP contribution in [0.15, 0.2) is 11.6 Å². The summed E-state index contributed by atoms with van der Waals surface area (Å²) in [5, 5.41) is 0. The minimum absolute atomic E-state index is 0.375. The van der Waals surface area contributed by atoms with E-state index in [1.165, 1.54) is 44.9 Å². The highest BCUT2D eigenvalue weighted by atomic mass is 16.5. The lowest BCUT2D eigenvalue weighted by Crippen LogP contribution is -2.41. The summed E-state index contributed by atoms with van der Waals surface area (Å²) >= 11 is 0. The second kappa shape index (κ2) is 6.62. The summed E-state index contributed by atoms with van der Waals surface area (Å²) in [6, 6.07) is 0. The van der Waals surface area contributed by atoms with Gasteiger partial charge in [-0.2, -0.15) is 0 Å². The lowest BCUT2D eigenvalue weighted by Gasteiger charge is -2.39. The van der Waals surface area contributed by atoms with E-state index < -0.39 is 0 Å². The van der Waals surface area contributed by atoms with Crippen molar-refractivity contribution in [3.8, 4) is 0 Å². The second-order valence-electron chi connectivity index (χ2n) is 7.35. The lowest BCUT2D eigenvalue weighted by molar-refractivity contribution is -0.134. The van der Waals surface area contributed by atoms with E-state index in [-0.39, 0.29) is 0 Å². The van der Waals surface area contributed by atoms with Crippen molar-refractivity contribution in [2.24, 2.45) is 17.8 Å². The molecule has 2 nitrogen and oxygen atoms in total. The van der Waals surface area contributed by atoms with Gasteiger partial charge in [-0.25, -0.2) is 0 Å². The Labute approximate surface area is 123 Å². The second-order valence-corrected chi connectivity index (χ2v) is 7.35. The molecule has 20 heavy (non-hydrogen) atoms. The molecule has 0 aromatic rings. The molecule has 3 rings (SSSR count). The Morgan fingerprint density at radius 1 is 0.900 bits per heavy atom. The minimum Gasteiger partial charge on any atom is -0.375 e. The SMILES string of the molecule is CC1=CCC(C2CCC(C3CCC(C)CO3)OC2)CC1. The van der Waals surface area contributed by atoms with Gasteiger partial charge in [0.1, 0.15) is 0 Å². The topological polar surface area (TPSA) is 18.5 Å². The van der Waals surface area contributed by atoms with Crippen molar-refractivity contribution in [2.75, 3.05) is 13.2 Å². The van der Waals surface area contributed by atoms with Crippen molar-refractivity contribution in [2.45, 2.75) is 71.0 Å². The van der Waals surface area contributed by atoms with Crippen LogP contribution in [0.5, 0.6) is 0 Å². The first-order valence-electron chi connectivity index (χ1n) is 8.61. The molecule has 5 unspecified atom stereocenters. The third-order valence-corrected chi connectivity index (χ3v) is 5.65. The van der Waals surface area contributed by atoms with Crippen molar-refractivity contribution >= 4 is 0 Å². The molecule has 0 saturated carbocycles. The van der Waals surface area contributed by atoms with Gasteiger partial charge in [-0.15, -0.1) is 0 Å². The molecule has 2 aliphatic heterocycles. The van der Waals surface area contributed by atoms with Crippen LogP contribution in [0, 0.1) is 17.8 Å². The Morgan fingerprint density at radius 2 is 1.65 bits per heavy atom. The summed E-state index contributed by atoms with van der Waals surface area (Å²) in [7, 11) is 0. The molecular formula is C18H30O2. The van der Waals surface area contributed by atoms with Gasteiger partial charge in [0.25, 0.3) is 0 Å². The zero-order valence-electron chi connectivity index (χ0n) is 13.1. The van der Waals surface area contributed by atoms with E-state index in [1.807, 2.05) is 0 Å². The van der Waals surface area contributed by atoms with Crippen LogP contribution in [0.3, 0.4) is 0 Å². The fourth-order valence-corrected chi connectivity index (χ4v) is 4.07. The predicted octanol–water partition coefficient (Wildman–Crippen LogP) is 4.34. The molecule has 5 atom stereocenters. The average Bonchev–Trinajstić information content (AvgIpc) is 2.49. The van der Waals surface area contributed by atoms with E-state index in [4.69, 9.17) is 9.47 Å². The van der Waals surface area contributed by atoms with Gasteiger partial charge in [-0.1, -0.05) is 18.6 Å². The van der Waals surface area contributed by atoms with E-state index in [0.29, 0.717) is 12.2 Å². The summed E-state index contributed by atoms with van der Waals surface area (Å²) in [4.78, 5) is 0. The molecule has 0 aromatic carbocycles. The number of ether oxygens (including phenoxy) is 2. The molecule has 0 spiro atoms. The van der Waals surface area contributed by atoms with Gasteiger partial charge in [-0.05, 0) is 69.6 Å². The first-order chi connectivity index (χ1) is 9.72. The molecule has 0 bridgehead atoms. The van der Waals surface area contributed by atoms with Gasteiger partial charge in [0.15, 0.2) is 0 Å². The van der Waals surface area contributed by atoms with Crippen LogP contribution in [-0.2, 0) is 9.47 Å². The van der Waals surface area contributed by atoms with E-state index in [2.05, 4.69) is 19.9 Å². The standard InChI is InChI=1S/C18H30O2/c1-13-3-6-15(7-4-13)16-8-10-18(20-12-16)17-9-5-14(2)11-19-17/h3,14-18H,4-12H2,1-2H3. The smallest absolute Gasteiger partial charge is 0.0836 e. The number of hydrogen-bond donors (Lipinski definition) is 0. The van der Waals surface area contributed by atoms with E-state index in [1.54, 1.807) is 5.57 Å². The molecule has 2 heteroatoms. The fraction of sp³-hybridized carbons (Fsp3) is 0.889. The molecule has 114 valence electrons. The van der Waals surface area contributed by atoms with Gasteiger partial charge >= 0.3 is 0 Å². The first-order valence-corrected chi connectivity index (χ1v) is 8.61. The van der Waals surface area contributed by atoms with Gasteiger partial charge < -0.3 is 9.47 Å². The van der Waals surface area contributed by atoms with Crippen molar-refractivity contribution < 1.29 is 9.47 Å². The highest BCUT2D eigenvalue weighted by Gasteiger charge is 2.34. The van der Waals surface area contributed by atoms with Crippen LogP contribution in [-0.4, -0.2) is 25.4 Å². The Kier molecular flexibility index (Phi) is 4.83. The molecular weight excluding hydrogens is 248 g/mol. The zero-order chi connectivity index (χ0) is 13.9. The largest absolute Gasteiger partial charge is 0.375 e. The molecule has 3 aliphatic rings. The number of hydrogen-bond acceptors (Lipinski definition) is 2. The van der Waals surface area contributed by atoms with E-state index in [0.717, 1.165) is 31.0 Å². The summed E-state index contributed by atoms with van der Waals surface area (Å²) < 4.78 is 12.2. The van der Waals surface area contributed by atoms with Crippen LogP contribution < -0.4 is 0 Å². The van der Waals surface area contributed by atoms with E-state index in [9.17, 15) is 0 Å². The monoisotopic (exact) mass is 278 g/mol. The van der Waals surface area contributed by atoms with Gasteiger partial charge in [0.05, 0.1) is 18.8 Å². The molecule has 2 fully saturated rings. The van der Waals surface area contributed by atoms with Crippen LogP contribution in [0.1, 0.15) is 58.8 Å². The van der Waals surface area contributed by atoms with Gasteiger partial charge in [0, 0.05) is 6.61 Å². The predicted molar refractivity (Wildman–Crippen MR) is 81.7 cm³/mol. The van der Waals surface area contributed by atoms with Crippen LogP contribution in [0.4, 0.5) is 0 Å². The highest BCUT2D eigenvalue weighted by molar-refractivity contribution is 5.04. The molecule has 2 heterocycles. The third-order valence-electron chi connectivity index (χ3n) is 5.65. The Hall–Kier alpha value is -0.340. The molecule has 2 saturated heterocycles. The maximum atomic E-state index is 6.20. The molecule has 0 N–H and O–H groups in total. The summed E-state index contributed by atoms with van der Waals surface area (Å²) in [5.74, 6) is 2.39. The quantitative estimate of drug-likeness (QED) is 0.699. The van der Waals surface area contributed by atoms with Crippen LogP contribution in [0.25, 0.3) is 0 Å². The minimum atomic E-state index is 0.375. The first kappa shape index (κ1) is 14.6. The molecule has 0 radical (unpaired) electrons. The molecule has 1 aliphatic carbocycles. The van der Waals surface area contributed by atoms with Crippen LogP contribution >= 0.6 is 0 Å². The zero-order valence-corrected chi connectivity index (χ0v) is 13.1. The Morgan fingerprint density at radius 3 is 2.20 bits per heavy atom. The number of rotatable bonds is 2. The summed E-state index contributed by atoms with van der Waals surface area (Å²) in [5.41, 5.74) is 1.58. The summed E-state index contributed by atoms with van der Waals surface area (Å²) in [6.45, 7) is 6.45. The highest BCUT2D eigenvalue weighted by Crippen LogP contribution is 2.36. The fourth-order valence-electron chi connectivity index (χ4n) is 4.07. The van der Waals surface area contributed by atoms with Crippen molar-refractivity contribution in [1.82, 2.24) is 0 Å². The van der Waals surface area contributed by atoms with Crippen LogP contribution in [0.2, 0.25) is 0 Å². The Balaban J connectivity index is 1.45. The van der Waals surface area contributed by atoms with Gasteiger partial charge in [-0.3, -0.25) is 0 Å². The van der Waals surface area contributed by atoms with Crippen molar-refractivity contribution in [3.05, 3.63) is 11.6 Å². The van der Waals surface area contributed by atoms with Gasteiger partial charge in [0.2, 0.25) is 0 Å². The summed E-state index contributed by atoms with van der Waals surface area (Å²) in [6.07, 6.45) is 12.2. The van der Waals surface area contributed by atoms with Crippen molar-refractivity contribution in [3.63, 3.8) is 0 Å². The molecule has 0 aromatic heterocycles. The van der Waals surface area contributed by atoms with Crippen molar-refractivity contribution in [1.29, 1.82) is 0 Å². The van der Waals surface area contributed by atoms with E-state index >= 15 is 0 Å². The Bertz CT molecular complexity index is 333. The molecule has 0 amide bonds. The number of allylic oxidation sites excluding steroid dienone is 2. The average molecular weight is 278 g/mol. The normalized spacial score (nSPS) is 43.1. The third kappa shape index (κ3) is 3.46. The maximum Gasteiger partial charge on any atom is 0.0836 e. The maximum absolute atomic E-state index is 6.20. The lowest BCUT2D eigenvalue weighted by atomic mass is 9.77.